The Labute approximate surface area is 154 Å². The third-order valence-corrected chi connectivity index (χ3v) is 3.26. The minimum absolute atomic E-state index is 0. The van der Waals surface area contributed by atoms with Gasteiger partial charge in [-0.05, 0) is 43.3 Å². The number of hydrogen-bond donors (Lipinski definition) is 3. The van der Waals surface area contributed by atoms with Crippen molar-refractivity contribution < 1.29 is 34.3 Å². The van der Waals surface area contributed by atoms with Gasteiger partial charge in [0, 0.05) is 30.2 Å². The zero-order valence-electron chi connectivity index (χ0n) is 12.9. The lowest BCUT2D eigenvalue weighted by atomic mass is 10.2. The molecule has 4 nitrogen and oxygen atoms in total. The molecule has 7 heteroatoms. The topological polar surface area (TPSA) is 57.4 Å². The van der Waals surface area contributed by atoms with Crippen molar-refractivity contribution in [2.24, 2.45) is 0 Å². The molecular weight excluding hydrogens is 359 g/mol. The van der Waals surface area contributed by atoms with E-state index in [4.69, 9.17) is 21.1 Å². The van der Waals surface area contributed by atoms with E-state index in [1.165, 1.54) is 0 Å². The normalized spacial score (nSPS) is 11.4. The fourth-order valence-corrected chi connectivity index (χ4v) is 2.07. The summed E-state index contributed by atoms with van der Waals surface area (Å²) >= 11 is 5.87. The molecule has 0 saturated carbocycles. The van der Waals surface area contributed by atoms with E-state index in [-0.39, 0.29) is 30.9 Å². The summed E-state index contributed by atoms with van der Waals surface area (Å²) in [6, 6.07) is 11.5. The number of hydrogen-bond acceptors (Lipinski definition) is 4. The van der Waals surface area contributed by atoms with Gasteiger partial charge in [0.25, 0.3) is 0 Å². The van der Waals surface area contributed by atoms with Crippen LogP contribution >= 0.6 is 11.6 Å². The lowest BCUT2D eigenvalue weighted by Gasteiger charge is -2.07. The third kappa shape index (κ3) is 8.06. The second kappa shape index (κ2) is 11.7. The first-order chi connectivity index (χ1) is 10.1. The maximum Gasteiger partial charge on any atom is 0.134 e. The van der Waals surface area contributed by atoms with Crippen molar-refractivity contribution in [3.63, 3.8) is 0 Å². The van der Waals surface area contributed by atoms with Crippen LogP contribution < -0.4 is 35.4 Å². The zero-order valence-corrected chi connectivity index (χ0v) is 15.1. The Kier molecular flexibility index (Phi) is 11.4. The van der Waals surface area contributed by atoms with Crippen molar-refractivity contribution in [2.45, 2.75) is 19.6 Å². The van der Waals surface area contributed by atoms with Gasteiger partial charge in [0.1, 0.15) is 11.5 Å². The first-order valence-electron chi connectivity index (χ1n) is 7.09. The van der Waals surface area contributed by atoms with Gasteiger partial charge in [-0.2, -0.15) is 0 Å². The molecule has 0 saturated heterocycles. The molecule has 1 unspecified atom stereocenters. The van der Waals surface area contributed by atoms with Crippen molar-refractivity contribution in [3.8, 4) is 11.3 Å². The second-order valence-electron chi connectivity index (χ2n) is 5.00. The van der Waals surface area contributed by atoms with Gasteiger partial charge in [0.15, 0.2) is 0 Å². The SMILES string of the molecule is CC(O)CNCCNCc1ccc(-c2ccc(Cl)cc2)o1.[Cl-].[Cl-]. The molecule has 1 heterocycles. The Balaban J connectivity index is 0.00000242. The van der Waals surface area contributed by atoms with Gasteiger partial charge < -0.3 is 45.0 Å². The van der Waals surface area contributed by atoms with E-state index < -0.39 is 0 Å². The highest BCUT2D eigenvalue weighted by atomic mass is 35.5. The molecule has 0 radical (unpaired) electrons. The van der Waals surface area contributed by atoms with Crippen molar-refractivity contribution >= 4 is 11.6 Å². The van der Waals surface area contributed by atoms with E-state index >= 15 is 0 Å². The van der Waals surface area contributed by atoms with Gasteiger partial charge in [-0.1, -0.05) is 11.6 Å². The summed E-state index contributed by atoms with van der Waals surface area (Å²) in [6.45, 7) is 4.70. The molecule has 0 aliphatic rings. The van der Waals surface area contributed by atoms with Gasteiger partial charge in [0.05, 0.1) is 12.6 Å². The standard InChI is InChI=1S/C16H21ClN2O2.2ClH/c1-12(20)10-18-8-9-19-11-15-6-7-16(21-15)13-2-4-14(17)5-3-13;;/h2-7,12,18-20H,8-11H2,1H3;2*1H/p-2. The summed E-state index contributed by atoms with van der Waals surface area (Å²) in [5.41, 5.74) is 1.02. The van der Waals surface area contributed by atoms with E-state index in [1.54, 1.807) is 6.92 Å². The molecule has 2 rings (SSSR count). The van der Waals surface area contributed by atoms with Crippen LogP contribution in [0.25, 0.3) is 11.3 Å². The summed E-state index contributed by atoms with van der Waals surface area (Å²) in [5.74, 6) is 1.74. The van der Waals surface area contributed by atoms with E-state index in [9.17, 15) is 0 Å². The predicted molar refractivity (Wildman–Crippen MR) is 85.4 cm³/mol. The van der Waals surface area contributed by atoms with Crippen LogP contribution in [0, 0.1) is 0 Å². The Hall–Kier alpha value is -0.750. The molecule has 0 bridgehead atoms. The van der Waals surface area contributed by atoms with E-state index in [0.717, 1.165) is 35.2 Å². The van der Waals surface area contributed by atoms with Gasteiger partial charge in [-0.15, -0.1) is 0 Å². The summed E-state index contributed by atoms with van der Waals surface area (Å²) in [5, 5.41) is 16.3. The number of furan rings is 1. The fourth-order valence-electron chi connectivity index (χ4n) is 1.94. The molecule has 3 N–H and O–H groups in total. The lowest BCUT2D eigenvalue weighted by Crippen LogP contribution is -3.00. The summed E-state index contributed by atoms with van der Waals surface area (Å²) in [6.07, 6.45) is -0.308. The van der Waals surface area contributed by atoms with E-state index in [2.05, 4.69) is 10.6 Å². The number of benzene rings is 1. The molecule has 0 fully saturated rings. The molecular formula is C16H21Cl3N2O2-2. The van der Waals surface area contributed by atoms with E-state index in [0.29, 0.717) is 13.1 Å². The number of nitrogens with one attached hydrogen (secondary N) is 2. The zero-order chi connectivity index (χ0) is 15.1. The monoisotopic (exact) mass is 378 g/mol. The Morgan fingerprint density at radius 1 is 1.04 bits per heavy atom. The Morgan fingerprint density at radius 2 is 1.70 bits per heavy atom. The summed E-state index contributed by atoms with van der Waals surface area (Å²) < 4.78 is 5.79. The highest BCUT2D eigenvalue weighted by molar-refractivity contribution is 6.30. The molecule has 1 aromatic carbocycles. The maximum atomic E-state index is 9.11. The second-order valence-corrected chi connectivity index (χ2v) is 5.44. The van der Waals surface area contributed by atoms with Gasteiger partial charge in [0.2, 0.25) is 0 Å². The first-order valence-corrected chi connectivity index (χ1v) is 7.47. The fraction of sp³-hybridized carbons (Fsp3) is 0.375. The molecule has 0 aliphatic heterocycles. The molecule has 1 aromatic heterocycles. The highest BCUT2D eigenvalue weighted by Gasteiger charge is 2.04. The molecule has 0 amide bonds. The van der Waals surface area contributed by atoms with E-state index in [1.807, 2.05) is 36.4 Å². The summed E-state index contributed by atoms with van der Waals surface area (Å²) in [7, 11) is 0. The van der Waals surface area contributed by atoms with Crippen LogP contribution in [0.1, 0.15) is 12.7 Å². The molecule has 0 spiro atoms. The third-order valence-electron chi connectivity index (χ3n) is 3.01. The molecule has 1 atom stereocenters. The molecule has 2 aromatic rings. The molecule has 23 heavy (non-hydrogen) atoms. The summed E-state index contributed by atoms with van der Waals surface area (Å²) in [4.78, 5) is 0. The van der Waals surface area contributed by atoms with Crippen LogP contribution in [0.15, 0.2) is 40.8 Å². The maximum absolute atomic E-state index is 9.11. The minimum atomic E-state index is -0.308. The quantitative estimate of drug-likeness (QED) is 0.420. The van der Waals surface area contributed by atoms with Crippen LogP contribution in [-0.4, -0.2) is 30.8 Å². The van der Waals surface area contributed by atoms with Crippen LogP contribution in [0.3, 0.4) is 0 Å². The van der Waals surface area contributed by atoms with Crippen molar-refractivity contribution in [2.75, 3.05) is 19.6 Å². The number of rotatable bonds is 8. The van der Waals surface area contributed by atoms with Crippen molar-refractivity contribution in [1.82, 2.24) is 10.6 Å². The average Bonchev–Trinajstić information content (AvgIpc) is 2.92. The highest BCUT2D eigenvalue weighted by Crippen LogP contribution is 2.23. The van der Waals surface area contributed by atoms with Crippen molar-refractivity contribution in [3.05, 3.63) is 47.2 Å². The van der Waals surface area contributed by atoms with Crippen molar-refractivity contribution in [1.29, 1.82) is 0 Å². The minimum Gasteiger partial charge on any atom is -1.00 e. The number of aliphatic hydroxyl groups is 1. The van der Waals surface area contributed by atoms with Crippen LogP contribution in [-0.2, 0) is 6.54 Å². The molecule has 0 aliphatic carbocycles. The Morgan fingerprint density at radius 3 is 2.35 bits per heavy atom. The van der Waals surface area contributed by atoms with Gasteiger partial charge in [-0.25, -0.2) is 0 Å². The first kappa shape index (κ1) is 22.2. The van der Waals surface area contributed by atoms with Gasteiger partial charge >= 0.3 is 0 Å². The van der Waals surface area contributed by atoms with Crippen LogP contribution in [0.4, 0.5) is 0 Å². The lowest BCUT2D eigenvalue weighted by molar-refractivity contribution is -0.00100. The average molecular weight is 380 g/mol. The van der Waals surface area contributed by atoms with Crippen LogP contribution in [0.2, 0.25) is 5.02 Å². The number of halogens is 3. The number of aliphatic hydroxyl groups excluding tert-OH is 1. The molecule has 130 valence electrons. The Bertz CT molecular complexity index is 545. The van der Waals surface area contributed by atoms with Crippen LogP contribution in [0.5, 0.6) is 0 Å². The largest absolute Gasteiger partial charge is 1.00 e. The smallest absolute Gasteiger partial charge is 0.134 e. The van der Waals surface area contributed by atoms with Gasteiger partial charge in [-0.3, -0.25) is 0 Å². The predicted octanol–water partition coefficient (Wildman–Crippen LogP) is -3.33.